The Balaban J connectivity index is 2.02. The zero-order valence-corrected chi connectivity index (χ0v) is 9.03. The topological polar surface area (TPSA) is 88.0 Å². The first-order valence-corrected chi connectivity index (χ1v) is 5.46. The normalized spacial score (nSPS) is 10.5. The maximum absolute atomic E-state index is 11.2. The number of hydrogen-bond acceptors (Lipinski definition) is 4. The molecule has 0 saturated heterocycles. The van der Waals surface area contributed by atoms with Crippen LogP contribution in [-0.2, 0) is 13.0 Å². The number of aryl methyl sites for hydroxylation is 2. The SMILES string of the molecule is O=C(O)c1csc(CCn2cc[nH]c2=O)n1. The lowest BCUT2D eigenvalue weighted by molar-refractivity contribution is 0.0691. The predicted octanol–water partition coefficient (Wildman–Crippen LogP) is 0.574. The molecule has 0 spiro atoms. The number of carboxylic acid groups (broad SMARTS) is 1. The Morgan fingerprint density at radius 3 is 3.00 bits per heavy atom. The van der Waals surface area contributed by atoms with Crippen LogP contribution in [0.5, 0.6) is 0 Å². The van der Waals surface area contributed by atoms with Crippen LogP contribution in [-0.4, -0.2) is 25.6 Å². The van der Waals surface area contributed by atoms with E-state index in [1.807, 2.05) is 0 Å². The summed E-state index contributed by atoms with van der Waals surface area (Å²) in [6.07, 6.45) is 3.76. The minimum atomic E-state index is -1.03. The lowest BCUT2D eigenvalue weighted by atomic mass is 10.4. The van der Waals surface area contributed by atoms with Crippen molar-refractivity contribution in [2.45, 2.75) is 13.0 Å². The van der Waals surface area contributed by atoms with Crippen molar-refractivity contribution in [3.8, 4) is 0 Å². The lowest BCUT2D eigenvalue weighted by Crippen LogP contribution is -2.17. The minimum absolute atomic E-state index is 0.0569. The number of carbonyl (C=O) groups is 1. The van der Waals surface area contributed by atoms with Crippen molar-refractivity contribution in [2.24, 2.45) is 0 Å². The van der Waals surface area contributed by atoms with Crippen LogP contribution in [0.2, 0.25) is 0 Å². The molecule has 6 nitrogen and oxygen atoms in total. The van der Waals surface area contributed by atoms with Crippen molar-refractivity contribution in [3.05, 3.63) is 39.0 Å². The largest absolute Gasteiger partial charge is 0.476 e. The summed E-state index contributed by atoms with van der Waals surface area (Å²) in [4.78, 5) is 28.2. The van der Waals surface area contributed by atoms with Crippen molar-refractivity contribution < 1.29 is 9.90 Å². The van der Waals surface area contributed by atoms with E-state index < -0.39 is 5.97 Å². The van der Waals surface area contributed by atoms with Crippen LogP contribution < -0.4 is 5.69 Å². The van der Waals surface area contributed by atoms with Gasteiger partial charge in [0.25, 0.3) is 0 Å². The third-order valence-corrected chi connectivity index (χ3v) is 2.97. The molecule has 0 saturated carbocycles. The zero-order chi connectivity index (χ0) is 11.5. The highest BCUT2D eigenvalue weighted by Crippen LogP contribution is 2.10. The summed E-state index contributed by atoms with van der Waals surface area (Å²) in [5.41, 5.74) is -0.114. The van der Waals surface area contributed by atoms with Gasteiger partial charge in [-0.25, -0.2) is 14.6 Å². The summed E-state index contributed by atoms with van der Waals surface area (Å²) in [5.74, 6) is -1.03. The molecule has 7 heteroatoms. The molecule has 2 aromatic rings. The second-order valence-corrected chi connectivity index (χ2v) is 4.08. The van der Waals surface area contributed by atoms with Gasteiger partial charge in [-0.05, 0) is 0 Å². The molecule has 2 N–H and O–H groups in total. The molecule has 0 atom stereocenters. The zero-order valence-electron chi connectivity index (χ0n) is 8.21. The van der Waals surface area contributed by atoms with E-state index in [2.05, 4.69) is 9.97 Å². The Bertz CT molecular complexity index is 554. The molecule has 0 aliphatic carbocycles. The number of hydrogen-bond donors (Lipinski definition) is 2. The third kappa shape index (κ3) is 2.19. The highest BCUT2D eigenvalue weighted by Gasteiger charge is 2.08. The van der Waals surface area contributed by atoms with E-state index in [9.17, 15) is 9.59 Å². The maximum atomic E-state index is 11.2. The van der Waals surface area contributed by atoms with Crippen LogP contribution in [0.25, 0.3) is 0 Å². The number of H-pyrrole nitrogens is 1. The average Bonchev–Trinajstić information content (AvgIpc) is 2.83. The number of imidazole rings is 1. The Labute approximate surface area is 94.2 Å². The van der Waals surface area contributed by atoms with E-state index in [0.717, 1.165) is 0 Å². The first-order valence-electron chi connectivity index (χ1n) is 4.58. The molecule has 0 fully saturated rings. The second kappa shape index (κ2) is 4.31. The number of aromatic carboxylic acids is 1. The highest BCUT2D eigenvalue weighted by atomic mass is 32.1. The first kappa shape index (κ1) is 10.6. The fourth-order valence-corrected chi connectivity index (χ4v) is 2.03. The van der Waals surface area contributed by atoms with Crippen molar-refractivity contribution in [1.29, 1.82) is 0 Å². The maximum Gasteiger partial charge on any atom is 0.355 e. The van der Waals surface area contributed by atoms with Gasteiger partial charge in [-0.15, -0.1) is 11.3 Å². The van der Waals surface area contributed by atoms with Crippen LogP contribution in [0, 0.1) is 0 Å². The van der Waals surface area contributed by atoms with Gasteiger partial charge < -0.3 is 10.1 Å². The molecule has 2 aromatic heterocycles. The van der Waals surface area contributed by atoms with Crippen LogP contribution >= 0.6 is 11.3 Å². The van der Waals surface area contributed by atoms with Crippen molar-refractivity contribution in [2.75, 3.05) is 0 Å². The van der Waals surface area contributed by atoms with Gasteiger partial charge in [-0.1, -0.05) is 0 Å². The predicted molar refractivity (Wildman–Crippen MR) is 57.8 cm³/mol. The smallest absolute Gasteiger partial charge is 0.355 e. The van der Waals surface area contributed by atoms with Gasteiger partial charge in [0.2, 0.25) is 0 Å². The van der Waals surface area contributed by atoms with Crippen molar-refractivity contribution in [3.63, 3.8) is 0 Å². The molecular weight excluding hydrogens is 230 g/mol. The summed E-state index contributed by atoms with van der Waals surface area (Å²) >= 11 is 1.29. The summed E-state index contributed by atoms with van der Waals surface area (Å²) in [6.45, 7) is 0.495. The number of rotatable bonds is 4. The van der Waals surface area contributed by atoms with Gasteiger partial charge >= 0.3 is 11.7 Å². The molecule has 2 heterocycles. The molecule has 0 amide bonds. The number of nitrogens with one attached hydrogen (secondary N) is 1. The van der Waals surface area contributed by atoms with Gasteiger partial charge in [0, 0.05) is 30.7 Å². The fraction of sp³-hybridized carbons (Fsp3) is 0.222. The van der Waals surface area contributed by atoms with Gasteiger partial charge in [0.1, 0.15) is 0 Å². The number of carboxylic acids is 1. The van der Waals surface area contributed by atoms with Gasteiger partial charge in [0.15, 0.2) is 5.69 Å². The van der Waals surface area contributed by atoms with Gasteiger partial charge in [0.05, 0.1) is 5.01 Å². The minimum Gasteiger partial charge on any atom is -0.476 e. The Hall–Kier alpha value is -1.89. The van der Waals surface area contributed by atoms with E-state index in [1.54, 1.807) is 12.4 Å². The fourth-order valence-electron chi connectivity index (χ4n) is 1.27. The molecule has 0 aromatic carbocycles. The summed E-state index contributed by atoms with van der Waals surface area (Å²) in [6, 6.07) is 0. The molecule has 16 heavy (non-hydrogen) atoms. The Morgan fingerprint density at radius 1 is 1.62 bits per heavy atom. The molecule has 0 unspecified atom stereocenters. The number of thiazole rings is 1. The van der Waals surface area contributed by atoms with Gasteiger partial charge in [-0.2, -0.15) is 0 Å². The summed E-state index contributed by atoms with van der Waals surface area (Å²) < 4.78 is 1.52. The van der Waals surface area contributed by atoms with Crippen LogP contribution in [0.1, 0.15) is 15.5 Å². The summed E-state index contributed by atoms with van der Waals surface area (Å²) in [7, 11) is 0. The van der Waals surface area contributed by atoms with Crippen LogP contribution in [0.15, 0.2) is 22.6 Å². The summed E-state index contributed by atoms with van der Waals surface area (Å²) in [5, 5.41) is 10.9. The molecule has 0 bridgehead atoms. The van der Waals surface area contributed by atoms with E-state index in [-0.39, 0.29) is 11.4 Å². The molecule has 0 aliphatic heterocycles. The first-order chi connectivity index (χ1) is 7.66. The molecular formula is C9H9N3O3S. The number of aromatic nitrogens is 3. The Morgan fingerprint density at radius 2 is 2.44 bits per heavy atom. The van der Waals surface area contributed by atoms with Crippen LogP contribution in [0.4, 0.5) is 0 Å². The second-order valence-electron chi connectivity index (χ2n) is 3.14. The van der Waals surface area contributed by atoms with E-state index >= 15 is 0 Å². The van der Waals surface area contributed by atoms with Crippen molar-refractivity contribution >= 4 is 17.3 Å². The lowest BCUT2D eigenvalue weighted by Gasteiger charge is -1.97. The quantitative estimate of drug-likeness (QED) is 0.816. The van der Waals surface area contributed by atoms with E-state index in [1.165, 1.54) is 21.3 Å². The third-order valence-electron chi connectivity index (χ3n) is 2.06. The Kier molecular flexibility index (Phi) is 2.86. The monoisotopic (exact) mass is 239 g/mol. The van der Waals surface area contributed by atoms with Crippen LogP contribution in [0.3, 0.4) is 0 Å². The number of nitrogens with zero attached hydrogens (tertiary/aromatic N) is 2. The van der Waals surface area contributed by atoms with Gasteiger partial charge in [-0.3, -0.25) is 4.57 Å². The van der Waals surface area contributed by atoms with Crippen molar-refractivity contribution in [1.82, 2.24) is 14.5 Å². The molecule has 0 aliphatic rings. The highest BCUT2D eigenvalue weighted by molar-refractivity contribution is 7.09. The van der Waals surface area contributed by atoms with E-state index in [0.29, 0.717) is 18.0 Å². The molecule has 0 radical (unpaired) electrons. The molecule has 84 valence electrons. The number of aromatic amines is 1. The standard InChI is InChI=1S/C9H9N3O3S/c13-8(14)6-5-16-7(11-6)1-3-12-4-2-10-9(12)15/h2,4-5H,1,3H2,(H,10,15)(H,13,14). The van der Waals surface area contributed by atoms with E-state index in [4.69, 9.17) is 5.11 Å². The molecule has 2 rings (SSSR count). The average molecular weight is 239 g/mol.